The molecule has 0 saturated heterocycles. The molecule has 0 saturated carbocycles. The number of amides is 1. The zero-order valence-corrected chi connectivity index (χ0v) is 18.0. The van der Waals surface area contributed by atoms with Gasteiger partial charge in [-0.3, -0.25) is 18.4 Å². The number of methoxy groups -OCH3 is 1. The van der Waals surface area contributed by atoms with Gasteiger partial charge in [-0.25, -0.2) is 0 Å². The standard InChI is InChI=1S/C22H26BF2N3O2/c1-6-17-13(2)20(27-14(17)3)12-22-18(9-10-26-15(4)29)19-11-16(30-5)7-8-21(19)28(22)23(24)25/h7-8,11-12H,6,9-10H2,1-5H3,(H,26,29)/b20-12-. The van der Waals surface area contributed by atoms with Crippen molar-refractivity contribution in [1.29, 1.82) is 0 Å². The second-order valence-corrected chi connectivity index (χ2v) is 7.31. The third-order valence-corrected chi connectivity index (χ3v) is 5.49. The average Bonchev–Trinajstić information content (AvgIpc) is 3.14. The maximum absolute atomic E-state index is 14.2. The van der Waals surface area contributed by atoms with Crippen molar-refractivity contribution in [2.45, 2.75) is 40.5 Å². The summed E-state index contributed by atoms with van der Waals surface area (Å²) < 4.78 is 34.7. The summed E-state index contributed by atoms with van der Waals surface area (Å²) >= 11 is 0. The van der Waals surface area contributed by atoms with Crippen LogP contribution in [0.5, 0.6) is 5.75 Å². The predicted molar refractivity (Wildman–Crippen MR) is 118 cm³/mol. The van der Waals surface area contributed by atoms with Crippen molar-refractivity contribution in [2.75, 3.05) is 13.7 Å². The van der Waals surface area contributed by atoms with Gasteiger partial charge in [-0.1, -0.05) is 6.92 Å². The number of ether oxygens (including phenoxy) is 1. The molecule has 1 aromatic heterocycles. The number of aliphatic imine (C=N–C) groups is 1. The van der Waals surface area contributed by atoms with E-state index in [1.54, 1.807) is 31.4 Å². The lowest BCUT2D eigenvalue weighted by atomic mass is 10.0. The molecule has 0 fully saturated rings. The van der Waals surface area contributed by atoms with Gasteiger partial charge in [0.2, 0.25) is 5.91 Å². The van der Waals surface area contributed by atoms with Gasteiger partial charge in [-0.05, 0) is 67.7 Å². The lowest BCUT2D eigenvalue weighted by Crippen LogP contribution is -2.22. The van der Waals surface area contributed by atoms with Gasteiger partial charge in [0, 0.05) is 35.8 Å². The van der Waals surface area contributed by atoms with Crippen LogP contribution in [0.2, 0.25) is 0 Å². The largest absolute Gasteiger partial charge is 0.678 e. The Labute approximate surface area is 175 Å². The molecule has 0 atom stereocenters. The molecule has 1 aliphatic rings. The number of carbonyl (C=O) groups excluding carboxylic acids is 1. The highest BCUT2D eigenvalue weighted by atomic mass is 19.2. The number of nitrogens with one attached hydrogen (secondary N) is 1. The van der Waals surface area contributed by atoms with E-state index in [4.69, 9.17) is 4.74 Å². The van der Waals surface area contributed by atoms with Crippen LogP contribution in [0.4, 0.5) is 8.63 Å². The molecule has 1 amide bonds. The van der Waals surface area contributed by atoms with Crippen molar-refractivity contribution in [3.8, 4) is 5.75 Å². The molecule has 2 aromatic rings. The van der Waals surface area contributed by atoms with E-state index >= 15 is 0 Å². The van der Waals surface area contributed by atoms with Crippen molar-refractivity contribution >= 4 is 36.0 Å². The molecule has 30 heavy (non-hydrogen) atoms. The van der Waals surface area contributed by atoms with Crippen LogP contribution in [0.3, 0.4) is 0 Å². The van der Waals surface area contributed by atoms with Gasteiger partial charge < -0.3 is 14.5 Å². The van der Waals surface area contributed by atoms with E-state index < -0.39 is 7.40 Å². The number of aromatic nitrogens is 1. The molecular formula is C22H26BF2N3O2. The smallest absolute Gasteiger partial charge is 0.497 e. The molecule has 8 heteroatoms. The molecule has 158 valence electrons. The second-order valence-electron chi connectivity index (χ2n) is 7.31. The van der Waals surface area contributed by atoms with Crippen LogP contribution >= 0.6 is 0 Å². The molecule has 1 aliphatic heterocycles. The summed E-state index contributed by atoms with van der Waals surface area (Å²) in [6.45, 7) is 7.75. The topological polar surface area (TPSA) is 55.6 Å². The summed E-state index contributed by atoms with van der Waals surface area (Å²) in [6.07, 6.45) is 2.99. The fourth-order valence-electron chi connectivity index (χ4n) is 4.05. The molecule has 0 aliphatic carbocycles. The van der Waals surface area contributed by atoms with E-state index in [0.29, 0.717) is 41.0 Å². The Morgan fingerprint density at radius 1 is 1.33 bits per heavy atom. The molecule has 0 bridgehead atoms. The monoisotopic (exact) mass is 413 g/mol. The summed E-state index contributed by atoms with van der Waals surface area (Å²) in [4.78, 5) is 16.0. The predicted octanol–water partition coefficient (Wildman–Crippen LogP) is 4.64. The minimum Gasteiger partial charge on any atom is -0.497 e. The fourth-order valence-corrected chi connectivity index (χ4v) is 4.05. The van der Waals surface area contributed by atoms with E-state index in [-0.39, 0.29) is 5.91 Å². The Balaban J connectivity index is 2.25. The van der Waals surface area contributed by atoms with Gasteiger partial charge >= 0.3 is 7.40 Å². The normalized spacial score (nSPS) is 15.2. The minimum atomic E-state index is -2.72. The molecule has 5 nitrogen and oxygen atoms in total. The van der Waals surface area contributed by atoms with Gasteiger partial charge in [0.1, 0.15) is 5.75 Å². The maximum atomic E-state index is 14.2. The number of benzene rings is 1. The zero-order chi connectivity index (χ0) is 22.0. The van der Waals surface area contributed by atoms with E-state index in [2.05, 4.69) is 17.2 Å². The first-order valence-corrected chi connectivity index (χ1v) is 9.99. The van der Waals surface area contributed by atoms with Gasteiger partial charge in [-0.15, -0.1) is 0 Å². The Morgan fingerprint density at radius 3 is 2.63 bits per heavy atom. The number of nitrogens with zero attached hydrogens (tertiary/aromatic N) is 2. The van der Waals surface area contributed by atoms with Crippen molar-refractivity contribution < 1.29 is 18.2 Å². The molecule has 0 unspecified atom stereocenters. The summed E-state index contributed by atoms with van der Waals surface area (Å²) in [5.74, 6) is 0.431. The minimum absolute atomic E-state index is 0.160. The molecule has 3 rings (SSSR count). The highest BCUT2D eigenvalue weighted by molar-refractivity contribution is 6.43. The van der Waals surface area contributed by atoms with Crippen molar-refractivity contribution in [3.05, 3.63) is 46.3 Å². The van der Waals surface area contributed by atoms with E-state index in [1.165, 1.54) is 6.92 Å². The van der Waals surface area contributed by atoms with Crippen molar-refractivity contribution in [1.82, 2.24) is 9.79 Å². The van der Waals surface area contributed by atoms with Crippen LogP contribution in [0.25, 0.3) is 17.0 Å². The van der Waals surface area contributed by atoms with Gasteiger partial charge in [0.15, 0.2) is 0 Å². The second kappa shape index (κ2) is 8.85. The first kappa shape index (κ1) is 21.8. The van der Waals surface area contributed by atoms with Crippen molar-refractivity contribution in [3.63, 3.8) is 0 Å². The summed E-state index contributed by atoms with van der Waals surface area (Å²) in [6, 6.07) is 5.09. The van der Waals surface area contributed by atoms with E-state index in [0.717, 1.165) is 33.3 Å². The molecule has 1 N–H and O–H groups in total. The van der Waals surface area contributed by atoms with Crippen LogP contribution < -0.4 is 10.1 Å². The first-order valence-electron chi connectivity index (χ1n) is 9.99. The van der Waals surface area contributed by atoms with E-state index in [1.807, 2.05) is 13.8 Å². The van der Waals surface area contributed by atoms with Crippen LogP contribution in [0, 0.1) is 0 Å². The summed E-state index contributed by atoms with van der Waals surface area (Å²) in [5.41, 5.74) is 5.32. The van der Waals surface area contributed by atoms with Crippen LogP contribution in [-0.2, 0) is 11.2 Å². The Hall–Kier alpha value is -2.90. The quantitative estimate of drug-likeness (QED) is 0.673. The number of allylic oxidation sites excluding steroid dienone is 2. The summed E-state index contributed by atoms with van der Waals surface area (Å²) in [5, 5.41) is 3.44. The Morgan fingerprint density at radius 2 is 2.07 bits per heavy atom. The fraction of sp³-hybridized carbons (Fsp3) is 0.364. The highest BCUT2D eigenvalue weighted by Gasteiger charge is 2.28. The SMILES string of the molecule is CCC1=C(C)/C(=C/c2c(CCNC(C)=O)c3cc(OC)ccc3n2B(F)F)N=C1C. The number of halogens is 2. The van der Waals surface area contributed by atoms with E-state index in [9.17, 15) is 13.4 Å². The Kier molecular flexibility index (Phi) is 6.44. The molecule has 2 heterocycles. The van der Waals surface area contributed by atoms with Crippen molar-refractivity contribution in [2.24, 2.45) is 4.99 Å². The Bertz CT molecular complexity index is 1080. The van der Waals surface area contributed by atoms with Crippen LogP contribution in [-0.4, -0.2) is 37.2 Å². The molecule has 1 aromatic carbocycles. The van der Waals surface area contributed by atoms with Gasteiger partial charge in [0.05, 0.1) is 12.8 Å². The number of hydrogen-bond acceptors (Lipinski definition) is 3. The number of hydrogen-bond donors (Lipinski definition) is 1. The lowest BCUT2D eigenvalue weighted by Gasteiger charge is -2.08. The molecule has 0 radical (unpaired) electrons. The molecular weight excluding hydrogens is 387 g/mol. The summed E-state index contributed by atoms with van der Waals surface area (Å²) in [7, 11) is -1.18. The first-order chi connectivity index (χ1) is 14.3. The molecule has 0 spiro atoms. The number of carbonyl (C=O) groups is 1. The van der Waals surface area contributed by atoms with Crippen LogP contribution in [0.15, 0.2) is 40.0 Å². The number of rotatable bonds is 7. The lowest BCUT2D eigenvalue weighted by molar-refractivity contribution is -0.118. The van der Waals surface area contributed by atoms with Gasteiger partial charge in [0.25, 0.3) is 0 Å². The third kappa shape index (κ3) is 4.04. The zero-order valence-electron chi connectivity index (χ0n) is 18.0. The number of fused-ring (bicyclic) bond motifs is 1. The van der Waals surface area contributed by atoms with Crippen LogP contribution in [0.1, 0.15) is 45.4 Å². The average molecular weight is 413 g/mol. The maximum Gasteiger partial charge on any atom is 0.678 e. The third-order valence-electron chi connectivity index (χ3n) is 5.49. The van der Waals surface area contributed by atoms with Gasteiger partial charge in [-0.2, -0.15) is 0 Å². The highest BCUT2D eigenvalue weighted by Crippen LogP contribution is 2.35.